The molecule has 4 heteroatoms. The Kier molecular flexibility index (Phi) is 3.84. The molecular formula is C17H17ClN2O. The number of hydrogen-bond acceptors (Lipinski definition) is 2. The van der Waals surface area contributed by atoms with Crippen LogP contribution in [0.2, 0.25) is 5.02 Å². The fourth-order valence-corrected chi connectivity index (χ4v) is 2.89. The van der Waals surface area contributed by atoms with Gasteiger partial charge < -0.3 is 10.6 Å². The van der Waals surface area contributed by atoms with E-state index >= 15 is 0 Å². The van der Waals surface area contributed by atoms with Crippen molar-refractivity contribution in [3.05, 3.63) is 64.2 Å². The molecule has 0 aromatic heterocycles. The van der Waals surface area contributed by atoms with Crippen molar-refractivity contribution in [2.75, 3.05) is 18.8 Å². The SMILES string of the molecule is Nc1ccc(C(=O)N2CCc3ccccc3CC2)cc1Cl. The smallest absolute Gasteiger partial charge is 0.253 e. The first-order valence-corrected chi connectivity index (χ1v) is 7.44. The summed E-state index contributed by atoms with van der Waals surface area (Å²) in [5.74, 6) is 0.0182. The molecule has 0 fully saturated rings. The van der Waals surface area contributed by atoms with Crippen LogP contribution in [-0.2, 0) is 12.8 Å². The Morgan fingerprint density at radius 3 is 2.24 bits per heavy atom. The van der Waals surface area contributed by atoms with Gasteiger partial charge in [0, 0.05) is 18.7 Å². The number of halogens is 1. The Hall–Kier alpha value is -2.00. The largest absolute Gasteiger partial charge is 0.398 e. The molecule has 0 atom stereocenters. The molecule has 0 unspecified atom stereocenters. The summed E-state index contributed by atoms with van der Waals surface area (Å²) in [7, 11) is 0. The standard InChI is InChI=1S/C17H17ClN2O/c18-15-11-14(5-6-16(15)19)17(21)20-9-7-12-3-1-2-4-13(12)8-10-20/h1-6,11H,7-10,19H2. The van der Waals surface area contributed by atoms with Crippen LogP contribution in [0, 0.1) is 0 Å². The van der Waals surface area contributed by atoms with Gasteiger partial charge in [-0.15, -0.1) is 0 Å². The number of amides is 1. The Bertz CT molecular complexity index is 657. The molecule has 2 aromatic carbocycles. The number of rotatable bonds is 1. The highest BCUT2D eigenvalue weighted by Gasteiger charge is 2.19. The number of benzene rings is 2. The number of carbonyl (C=O) groups is 1. The van der Waals surface area contributed by atoms with Gasteiger partial charge in [-0.2, -0.15) is 0 Å². The number of nitrogens with zero attached hydrogens (tertiary/aromatic N) is 1. The summed E-state index contributed by atoms with van der Waals surface area (Å²) >= 11 is 6.01. The molecular weight excluding hydrogens is 284 g/mol. The lowest BCUT2D eigenvalue weighted by atomic mass is 10.0. The van der Waals surface area contributed by atoms with Crippen LogP contribution in [0.4, 0.5) is 5.69 Å². The molecule has 0 saturated carbocycles. The molecule has 1 aliphatic heterocycles. The van der Waals surface area contributed by atoms with Gasteiger partial charge in [0.25, 0.3) is 5.91 Å². The van der Waals surface area contributed by atoms with Gasteiger partial charge in [-0.3, -0.25) is 4.79 Å². The van der Waals surface area contributed by atoms with Crippen LogP contribution in [-0.4, -0.2) is 23.9 Å². The van der Waals surface area contributed by atoms with Gasteiger partial charge in [-0.1, -0.05) is 35.9 Å². The monoisotopic (exact) mass is 300 g/mol. The van der Waals surface area contributed by atoms with E-state index < -0.39 is 0 Å². The lowest BCUT2D eigenvalue weighted by Crippen LogP contribution is -2.33. The maximum absolute atomic E-state index is 12.6. The minimum absolute atomic E-state index is 0.0182. The van der Waals surface area contributed by atoms with Crippen LogP contribution < -0.4 is 5.73 Å². The number of nitrogen functional groups attached to an aromatic ring is 1. The molecule has 1 heterocycles. The summed E-state index contributed by atoms with van der Waals surface area (Å²) in [4.78, 5) is 14.5. The Balaban J connectivity index is 1.79. The van der Waals surface area contributed by atoms with Crippen molar-refractivity contribution in [1.29, 1.82) is 0 Å². The number of hydrogen-bond donors (Lipinski definition) is 1. The maximum Gasteiger partial charge on any atom is 0.253 e. The van der Waals surface area contributed by atoms with Crippen molar-refractivity contribution in [2.45, 2.75) is 12.8 Å². The van der Waals surface area contributed by atoms with Crippen LogP contribution >= 0.6 is 11.6 Å². The second kappa shape index (κ2) is 5.78. The zero-order valence-corrected chi connectivity index (χ0v) is 12.4. The first-order valence-electron chi connectivity index (χ1n) is 7.06. The van der Waals surface area contributed by atoms with E-state index in [4.69, 9.17) is 17.3 Å². The fraction of sp³-hybridized carbons (Fsp3) is 0.235. The molecule has 2 N–H and O–H groups in total. The average molecular weight is 301 g/mol. The number of anilines is 1. The highest BCUT2D eigenvalue weighted by atomic mass is 35.5. The lowest BCUT2D eigenvalue weighted by Gasteiger charge is -2.20. The van der Waals surface area contributed by atoms with Gasteiger partial charge >= 0.3 is 0 Å². The summed E-state index contributed by atoms with van der Waals surface area (Å²) in [6.45, 7) is 1.47. The summed E-state index contributed by atoms with van der Waals surface area (Å²) in [5.41, 5.74) is 9.46. The van der Waals surface area contributed by atoms with Gasteiger partial charge in [0.1, 0.15) is 0 Å². The molecule has 2 aromatic rings. The van der Waals surface area contributed by atoms with Crippen LogP contribution in [0.25, 0.3) is 0 Å². The van der Waals surface area contributed by atoms with Crippen LogP contribution in [0.3, 0.4) is 0 Å². The second-order valence-corrected chi connectivity index (χ2v) is 5.70. The van der Waals surface area contributed by atoms with Crippen molar-refractivity contribution < 1.29 is 4.79 Å². The molecule has 0 aliphatic carbocycles. The average Bonchev–Trinajstić information content (AvgIpc) is 2.72. The van der Waals surface area contributed by atoms with E-state index in [2.05, 4.69) is 24.3 Å². The third-order valence-electron chi connectivity index (χ3n) is 3.96. The summed E-state index contributed by atoms with van der Waals surface area (Å²) in [6.07, 6.45) is 1.79. The minimum Gasteiger partial charge on any atom is -0.398 e. The van der Waals surface area contributed by atoms with Crippen LogP contribution in [0.1, 0.15) is 21.5 Å². The predicted molar refractivity (Wildman–Crippen MR) is 85.6 cm³/mol. The summed E-state index contributed by atoms with van der Waals surface area (Å²) in [6, 6.07) is 13.5. The topological polar surface area (TPSA) is 46.3 Å². The third kappa shape index (κ3) is 2.88. The number of fused-ring (bicyclic) bond motifs is 1. The van der Waals surface area contributed by atoms with E-state index in [0.717, 1.165) is 25.9 Å². The summed E-state index contributed by atoms with van der Waals surface area (Å²) < 4.78 is 0. The second-order valence-electron chi connectivity index (χ2n) is 5.30. The molecule has 0 spiro atoms. The maximum atomic E-state index is 12.6. The molecule has 108 valence electrons. The van der Waals surface area contributed by atoms with Crippen molar-refractivity contribution in [3.63, 3.8) is 0 Å². The Morgan fingerprint density at radius 1 is 1.05 bits per heavy atom. The quantitative estimate of drug-likeness (QED) is 0.822. The zero-order chi connectivity index (χ0) is 14.8. The predicted octanol–water partition coefficient (Wildman–Crippen LogP) is 3.16. The molecule has 0 bridgehead atoms. The third-order valence-corrected chi connectivity index (χ3v) is 4.28. The molecule has 21 heavy (non-hydrogen) atoms. The Labute approximate surface area is 129 Å². The minimum atomic E-state index is 0.0182. The molecule has 0 saturated heterocycles. The van der Waals surface area contributed by atoms with Gasteiger partial charge in [-0.25, -0.2) is 0 Å². The number of carbonyl (C=O) groups excluding carboxylic acids is 1. The summed E-state index contributed by atoms with van der Waals surface area (Å²) in [5, 5.41) is 0.430. The van der Waals surface area contributed by atoms with E-state index in [1.807, 2.05) is 4.90 Å². The van der Waals surface area contributed by atoms with Crippen LogP contribution in [0.5, 0.6) is 0 Å². The molecule has 0 radical (unpaired) electrons. The van der Waals surface area contributed by atoms with Crippen molar-refractivity contribution in [3.8, 4) is 0 Å². The first-order chi connectivity index (χ1) is 10.1. The van der Waals surface area contributed by atoms with E-state index in [0.29, 0.717) is 16.3 Å². The molecule has 1 amide bonds. The van der Waals surface area contributed by atoms with E-state index in [-0.39, 0.29) is 5.91 Å². The van der Waals surface area contributed by atoms with Crippen molar-refractivity contribution >= 4 is 23.2 Å². The highest BCUT2D eigenvalue weighted by Crippen LogP contribution is 2.22. The highest BCUT2D eigenvalue weighted by molar-refractivity contribution is 6.33. The normalized spacial score (nSPS) is 14.4. The number of nitrogens with two attached hydrogens (primary N) is 1. The van der Waals surface area contributed by atoms with Crippen LogP contribution in [0.15, 0.2) is 42.5 Å². The van der Waals surface area contributed by atoms with E-state index in [1.165, 1.54) is 11.1 Å². The lowest BCUT2D eigenvalue weighted by molar-refractivity contribution is 0.0763. The van der Waals surface area contributed by atoms with E-state index in [1.54, 1.807) is 18.2 Å². The molecule has 3 nitrogen and oxygen atoms in total. The van der Waals surface area contributed by atoms with Gasteiger partial charge in [-0.05, 0) is 42.2 Å². The molecule has 3 rings (SSSR count). The first kappa shape index (κ1) is 14.0. The van der Waals surface area contributed by atoms with E-state index in [9.17, 15) is 4.79 Å². The van der Waals surface area contributed by atoms with Gasteiger partial charge in [0.15, 0.2) is 0 Å². The zero-order valence-electron chi connectivity index (χ0n) is 11.7. The van der Waals surface area contributed by atoms with Crippen molar-refractivity contribution in [2.24, 2.45) is 0 Å². The Morgan fingerprint density at radius 2 is 1.67 bits per heavy atom. The molecule has 1 aliphatic rings. The van der Waals surface area contributed by atoms with Gasteiger partial charge in [0.2, 0.25) is 0 Å². The van der Waals surface area contributed by atoms with Crippen molar-refractivity contribution in [1.82, 2.24) is 4.90 Å². The fourth-order valence-electron chi connectivity index (χ4n) is 2.71. The van der Waals surface area contributed by atoms with Gasteiger partial charge in [0.05, 0.1) is 10.7 Å².